The fourth-order valence-corrected chi connectivity index (χ4v) is 4.11. The summed E-state index contributed by atoms with van der Waals surface area (Å²) < 4.78 is 0. The summed E-state index contributed by atoms with van der Waals surface area (Å²) in [6.45, 7) is 6.37. The van der Waals surface area contributed by atoms with Crippen LogP contribution in [-0.4, -0.2) is 22.4 Å². The highest BCUT2D eigenvalue weighted by atomic mass is 32.1. The summed E-state index contributed by atoms with van der Waals surface area (Å²) in [6.07, 6.45) is 5.81. The van der Waals surface area contributed by atoms with Gasteiger partial charge in [0.1, 0.15) is 6.17 Å². The lowest BCUT2D eigenvalue weighted by Crippen LogP contribution is -2.45. The Balaban J connectivity index is 1.90. The molecule has 3 atom stereocenters. The largest absolute Gasteiger partial charge is 0.317 e. The van der Waals surface area contributed by atoms with E-state index in [1.54, 1.807) is 11.3 Å². The molecule has 1 N–H and O–H groups in total. The normalized spacial score (nSPS) is 30.9. The maximum absolute atomic E-state index is 13.0. The minimum atomic E-state index is -0.411. The third-order valence-electron chi connectivity index (χ3n) is 5.13. The van der Waals surface area contributed by atoms with Crippen molar-refractivity contribution in [2.45, 2.75) is 70.6 Å². The van der Waals surface area contributed by atoms with Crippen molar-refractivity contribution in [2.24, 2.45) is 5.92 Å². The molecule has 1 saturated heterocycles. The monoisotopic (exact) mass is 306 g/mol. The lowest BCUT2D eigenvalue weighted by Gasteiger charge is -2.32. The molecule has 3 rings (SSSR count). The first-order chi connectivity index (χ1) is 10.1. The van der Waals surface area contributed by atoms with E-state index < -0.39 is 5.54 Å². The number of carbonyl (C=O) groups excluding carboxylic acids is 1. The van der Waals surface area contributed by atoms with E-state index in [0.717, 1.165) is 18.8 Å². The van der Waals surface area contributed by atoms with Crippen LogP contribution in [0, 0.1) is 5.92 Å². The molecule has 1 aliphatic carbocycles. The number of hydrogen-bond donors (Lipinski definition) is 1. The predicted octanol–water partition coefficient (Wildman–Crippen LogP) is 3.93. The molecular formula is C17H26N2OS. The Morgan fingerprint density at radius 3 is 2.76 bits per heavy atom. The summed E-state index contributed by atoms with van der Waals surface area (Å²) in [6, 6.07) is 4.60. The number of hydrogen-bond acceptors (Lipinski definition) is 3. The molecule has 1 aromatic rings. The van der Waals surface area contributed by atoms with Gasteiger partial charge in [-0.3, -0.25) is 10.1 Å². The molecule has 1 amide bonds. The lowest BCUT2D eigenvalue weighted by molar-refractivity contribution is -0.135. The van der Waals surface area contributed by atoms with Gasteiger partial charge in [0.25, 0.3) is 0 Å². The summed E-state index contributed by atoms with van der Waals surface area (Å²) in [5.41, 5.74) is -0.411. The summed E-state index contributed by atoms with van der Waals surface area (Å²) in [5.74, 6) is 1.14. The SMILES string of the molecule is CCC(CC1CC1)N1C(=O)C(C)(CC)NC1c1cccs1. The zero-order chi connectivity index (χ0) is 15.0. The second kappa shape index (κ2) is 5.73. The van der Waals surface area contributed by atoms with E-state index >= 15 is 0 Å². The van der Waals surface area contributed by atoms with E-state index in [0.29, 0.717) is 6.04 Å². The number of nitrogens with zero attached hydrogens (tertiary/aromatic N) is 1. The first-order valence-electron chi connectivity index (χ1n) is 8.23. The van der Waals surface area contributed by atoms with Gasteiger partial charge in [0.15, 0.2) is 0 Å². The fourth-order valence-electron chi connectivity index (χ4n) is 3.34. The zero-order valence-corrected chi connectivity index (χ0v) is 14.1. The molecule has 116 valence electrons. The van der Waals surface area contributed by atoms with Gasteiger partial charge < -0.3 is 4.90 Å². The fraction of sp³-hybridized carbons (Fsp3) is 0.706. The second-order valence-corrected chi connectivity index (χ2v) is 7.68. The van der Waals surface area contributed by atoms with Crippen molar-refractivity contribution in [3.05, 3.63) is 22.4 Å². The second-order valence-electron chi connectivity index (χ2n) is 6.70. The molecule has 4 heteroatoms. The van der Waals surface area contributed by atoms with Gasteiger partial charge in [0, 0.05) is 10.9 Å². The number of carbonyl (C=O) groups is 1. The lowest BCUT2D eigenvalue weighted by atomic mass is 9.98. The van der Waals surface area contributed by atoms with Gasteiger partial charge in [-0.1, -0.05) is 32.8 Å². The molecule has 1 aliphatic heterocycles. The first-order valence-corrected chi connectivity index (χ1v) is 9.11. The maximum atomic E-state index is 13.0. The average molecular weight is 306 g/mol. The zero-order valence-electron chi connectivity index (χ0n) is 13.3. The number of amides is 1. The Bertz CT molecular complexity index is 497. The van der Waals surface area contributed by atoms with Gasteiger partial charge in [-0.05, 0) is 43.6 Å². The first kappa shape index (κ1) is 15.0. The Labute approximate surface area is 131 Å². The highest BCUT2D eigenvalue weighted by molar-refractivity contribution is 7.10. The predicted molar refractivity (Wildman–Crippen MR) is 87.2 cm³/mol. The third kappa shape index (κ3) is 2.76. The third-order valence-corrected chi connectivity index (χ3v) is 6.05. The molecule has 3 unspecified atom stereocenters. The Morgan fingerprint density at radius 1 is 1.48 bits per heavy atom. The summed E-state index contributed by atoms with van der Waals surface area (Å²) in [5, 5.41) is 5.71. The van der Waals surface area contributed by atoms with Crippen molar-refractivity contribution < 1.29 is 4.79 Å². The Hall–Kier alpha value is -0.870. The van der Waals surface area contributed by atoms with E-state index in [2.05, 4.69) is 48.5 Å². The van der Waals surface area contributed by atoms with Crippen LogP contribution in [0.25, 0.3) is 0 Å². The molecule has 2 aliphatic rings. The summed E-state index contributed by atoms with van der Waals surface area (Å²) in [7, 11) is 0. The number of thiophene rings is 1. The molecule has 21 heavy (non-hydrogen) atoms. The van der Waals surface area contributed by atoms with E-state index in [9.17, 15) is 4.79 Å². The van der Waals surface area contributed by atoms with Crippen molar-refractivity contribution >= 4 is 17.2 Å². The minimum absolute atomic E-state index is 0.0612. The highest BCUT2D eigenvalue weighted by Gasteiger charge is 2.50. The molecule has 0 spiro atoms. The molecule has 1 saturated carbocycles. The van der Waals surface area contributed by atoms with Gasteiger partial charge >= 0.3 is 0 Å². The van der Waals surface area contributed by atoms with Crippen LogP contribution in [0.3, 0.4) is 0 Å². The van der Waals surface area contributed by atoms with Gasteiger partial charge in [-0.2, -0.15) is 0 Å². The Morgan fingerprint density at radius 2 is 2.24 bits per heavy atom. The van der Waals surface area contributed by atoms with Gasteiger partial charge in [0.05, 0.1) is 5.54 Å². The molecule has 0 aromatic carbocycles. The average Bonchev–Trinajstić information content (AvgIpc) is 3.06. The van der Waals surface area contributed by atoms with Crippen LogP contribution in [0.1, 0.15) is 63.9 Å². The standard InChI is InChI=1S/C17H26N2OS/c1-4-13(11-12-8-9-12)19-15(14-7-6-10-21-14)18-17(3,5-2)16(19)20/h6-7,10,12-13,15,18H,4-5,8-9,11H2,1-3H3. The maximum Gasteiger partial charge on any atom is 0.244 e. The summed E-state index contributed by atoms with van der Waals surface area (Å²) in [4.78, 5) is 16.5. The van der Waals surface area contributed by atoms with Crippen molar-refractivity contribution in [1.82, 2.24) is 10.2 Å². The van der Waals surface area contributed by atoms with Gasteiger partial charge in [0.2, 0.25) is 5.91 Å². The molecule has 1 aromatic heterocycles. The van der Waals surface area contributed by atoms with Crippen molar-refractivity contribution in [1.29, 1.82) is 0 Å². The molecule has 2 fully saturated rings. The molecule has 3 nitrogen and oxygen atoms in total. The van der Waals surface area contributed by atoms with Crippen LogP contribution >= 0.6 is 11.3 Å². The highest BCUT2D eigenvalue weighted by Crippen LogP contribution is 2.41. The van der Waals surface area contributed by atoms with Crippen LogP contribution in [0.5, 0.6) is 0 Å². The molecule has 2 heterocycles. The van der Waals surface area contributed by atoms with Crippen LogP contribution in [0.15, 0.2) is 17.5 Å². The van der Waals surface area contributed by atoms with Crippen LogP contribution in [0.4, 0.5) is 0 Å². The van der Waals surface area contributed by atoms with Crippen LogP contribution in [0.2, 0.25) is 0 Å². The smallest absolute Gasteiger partial charge is 0.244 e. The van der Waals surface area contributed by atoms with Crippen molar-refractivity contribution in [3.63, 3.8) is 0 Å². The van der Waals surface area contributed by atoms with E-state index in [-0.39, 0.29) is 12.1 Å². The van der Waals surface area contributed by atoms with E-state index in [1.165, 1.54) is 24.1 Å². The summed E-state index contributed by atoms with van der Waals surface area (Å²) >= 11 is 1.74. The topological polar surface area (TPSA) is 32.3 Å². The molecular weight excluding hydrogens is 280 g/mol. The van der Waals surface area contributed by atoms with Gasteiger partial charge in [-0.15, -0.1) is 11.3 Å². The van der Waals surface area contributed by atoms with E-state index in [1.807, 2.05) is 0 Å². The van der Waals surface area contributed by atoms with Crippen molar-refractivity contribution in [2.75, 3.05) is 0 Å². The number of nitrogens with one attached hydrogen (secondary N) is 1. The minimum Gasteiger partial charge on any atom is -0.317 e. The quantitative estimate of drug-likeness (QED) is 0.864. The van der Waals surface area contributed by atoms with Crippen LogP contribution < -0.4 is 5.32 Å². The Kier molecular flexibility index (Phi) is 4.10. The van der Waals surface area contributed by atoms with Crippen molar-refractivity contribution in [3.8, 4) is 0 Å². The van der Waals surface area contributed by atoms with Crippen LogP contribution in [-0.2, 0) is 4.79 Å². The molecule has 0 radical (unpaired) electrons. The molecule has 0 bridgehead atoms. The van der Waals surface area contributed by atoms with E-state index in [4.69, 9.17) is 0 Å². The van der Waals surface area contributed by atoms with Gasteiger partial charge in [-0.25, -0.2) is 0 Å². The number of rotatable bonds is 6.